The van der Waals surface area contributed by atoms with Gasteiger partial charge < -0.3 is 18.9 Å². The number of unbranched alkanes of at least 4 members (excludes halogenated alkanes) is 24. The van der Waals surface area contributed by atoms with Crippen molar-refractivity contribution in [3.8, 4) is 0 Å². The molecule has 0 rings (SSSR count). The van der Waals surface area contributed by atoms with Gasteiger partial charge in [-0.05, 0) is 141 Å². The van der Waals surface area contributed by atoms with Crippen LogP contribution in [0.3, 0.4) is 0 Å². The number of quaternary nitrogens is 1. The van der Waals surface area contributed by atoms with Crippen LogP contribution in [0.25, 0.3) is 0 Å². The van der Waals surface area contributed by atoms with Crippen LogP contribution in [0, 0.1) is 0 Å². The summed E-state index contributed by atoms with van der Waals surface area (Å²) in [4.78, 5) is 36.0. The van der Waals surface area contributed by atoms with Gasteiger partial charge in [-0.2, -0.15) is 0 Å². The highest BCUT2D eigenvalue weighted by atomic mass is 31.2. The first-order valence-electron chi connectivity index (χ1n) is 39.2. The quantitative estimate of drug-likeness (QED) is 0.0211. The number of phosphoric acid groups is 1. The minimum absolute atomic E-state index is 0.0191. The molecule has 0 aromatic heterocycles. The molecular formula is C88H145NO8P+. The zero-order valence-corrected chi connectivity index (χ0v) is 64.1. The first kappa shape index (κ1) is 92.8. The van der Waals surface area contributed by atoms with Crippen LogP contribution in [0.4, 0.5) is 0 Å². The normalized spacial score (nSPS) is 14.1. The average Bonchev–Trinajstić information content (AvgIpc) is 1.08. The number of allylic oxidation sites excluding steroid dienone is 32. The number of rotatable bonds is 70. The number of carbonyl (C=O) groups is 2. The third-order valence-electron chi connectivity index (χ3n) is 16.1. The maximum atomic E-state index is 12.9. The van der Waals surface area contributed by atoms with Gasteiger partial charge in [0.25, 0.3) is 0 Å². The van der Waals surface area contributed by atoms with E-state index in [1.807, 2.05) is 21.1 Å². The molecule has 554 valence electrons. The van der Waals surface area contributed by atoms with Gasteiger partial charge in [0.15, 0.2) is 6.10 Å². The van der Waals surface area contributed by atoms with Crippen molar-refractivity contribution in [2.24, 2.45) is 0 Å². The molecule has 0 radical (unpaired) electrons. The van der Waals surface area contributed by atoms with E-state index in [1.165, 1.54) is 109 Å². The summed E-state index contributed by atoms with van der Waals surface area (Å²) in [6, 6.07) is 0. The van der Waals surface area contributed by atoms with E-state index in [1.54, 1.807) is 0 Å². The zero-order valence-electron chi connectivity index (χ0n) is 63.2. The van der Waals surface area contributed by atoms with Crippen molar-refractivity contribution in [2.75, 3.05) is 47.5 Å². The van der Waals surface area contributed by atoms with E-state index in [-0.39, 0.29) is 32.0 Å². The van der Waals surface area contributed by atoms with Gasteiger partial charge in [0.1, 0.15) is 19.8 Å². The summed E-state index contributed by atoms with van der Waals surface area (Å²) in [7, 11) is 1.45. The fourth-order valence-electron chi connectivity index (χ4n) is 10.2. The lowest BCUT2D eigenvalue weighted by Gasteiger charge is -2.24. The van der Waals surface area contributed by atoms with Crippen molar-refractivity contribution < 1.29 is 42.1 Å². The van der Waals surface area contributed by atoms with Crippen LogP contribution in [0.1, 0.15) is 296 Å². The Balaban J connectivity index is 4.06. The van der Waals surface area contributed by atoms with E-state index in [0.29, 0.717) is 17.4 Å². The summed E-state index contributed by atoms with van der Waals surface area (Å²) in [5, 5.41) is 0. The van der Waals surface area contributed by atoms with Crippen LogP contribution in [-0.2, 0) is 32.7 Å². The topological polar surface area (TPSA) is 108 Å². The Morgan fingerprint density at radius 3 is 0.816 bits per heavy atom. The van der Waals surface area contributed by atoms with Gasteiger partial charge in [0, 0.05) is 12.8 Å². The number of carbonyl (C=O) groups excluding carboxylic acids is 2. The van der Waals surface area contributed by atoms with Crippen molar-refractivity contribution in [2.45, 2.75) is 302 Å². The predicted molar refractivity (Wildman–Crippen MR) is 426 cm³/mol. The fraction of sp³-hybridized carbons (Fsp3) is 0.614. The Kier molecular flexibility index (Phi) is 72.0. The van der Waals surface area contributed by atoms with Crippen LogP contribution < -0.4 is 0 Å². The first-order chi connectivity index (χ1) is 48.0. The number of nitrogens with zero attached hydrogens (tertiary/aromatic N) is 1. The molecule has 0 fully saturated rings. The lowest BCUT2D eigenvalue weighted by Crippen LogP contribution is -2.37. The minimum atomic E-state index is -4.41. The van der Waals surface area contributed by atoms with E-state index in [4.69, 9.17) is 18.5 Å². The maximum absolute atomic E-state index is 12.9. The third-order valence-corrected chi connectivity index (χ3v) is 17.1. The Morgan fingerprint density at radius 1 is 0.316 bits per heavy atom. The molecular weight excluding hydrogens is 1230 g/mol. The SMILES string of the molecule is CC/C=C\C/C=C\C/C=C\C/C=C\C/C=C\C/C=C\C/C=C\C/C=C\C/C=C\CCCCCCCC(=O)OC(COC(=O)CCCCCCCCCCCCCCCCCCCCC/C=C\C/C=C\C/C=C\C/C=C\C/C=C\C/C=C\C/C=C\CC)COP(=O)(O)OCC[N+](C)(C)C. The lowest BCUT2D eigenvalue weighted by atomic mass is 10.0. The lowest BCUT2D eigenvalue weighted by molar-refractivity contribution is -0.870. The highest BCUT2D eigenvalue weighted by molar-refractivity contribution is 7.47. The van der Waals surface area contributed by atoms with Gasteiger partial charge in [-0.1, -0.05) is 337 Å². The molecule has 0 saturated heterocycles. The van der Waals surface area contributed by atoms with Gasteiger partial charge in [-0.3, -0.25) is 18.6 Å². The average molecular weight is 1380 g/mol. The maximum Gasteiger partial charge on any atom is 0.472 e. The Hall–Kier alpha value is -5.15. The minimum Gasteiger partial charge on any atom is -0.462 e. The largest absolute Gasteiger partial charge is 0.472 e. The molecule has 98 heavy (non-hydrogen) atoms. The van der Waals surface area contributed by atoms with Crippen LogP contribution >= 0.6 is 7.82 Å². The van der Waals surface area contributed by atoms with Crippen molar-refractivity contribution in [1.29, 1.82) is 0 Å². The predicted octanol–water partition coefficient (Wildman–Crippen LogP) is 26.4. The summed E-state index contributed by atoms with van der Waals surface area (Å²) in [6.45, 7) is 4.18. The standard InChI is InChI=1S/C88H144NO8P/c1-6-8-10-12-14-16-18-20-22-24-26-28-30-32-34-36-38-40-41-42-43-44-45-46-47-49-50-52-54-56-58-60-62-64-66-68-70-72-74-76-78-80-87(90)94-84-86(85-96-98(92,93)95-83-82-89(3,4)5)97-88(91)81-79-77-75-73-71-69-67-65-63-61-59-57-55-53-51-48-39-37-35-33-31-29-27-25-23-21-19-17-15-13-11-9-7-2/h8-11,14-17,20-23,26-29,32-35,38-40,42-43,48,53,55,59,61,65,67,86H,6-7,12-13,18-19,24-25,30-31,36-37,41,44-47,49-52,54,56-58,60,62-64,66,68-85H2,1-5H3/p+1/b10-8-,11-9-,16-14-,17-15-,22-20-,23-21-,28-26-,29-27-,34-32-,35-33-,40-38-,43-42-,48-39-,55-53-,61-59-,67-65-. The number of phosphoric ester groups is 1. The summed E-state index contributed by atoms with van der Waals surface area (Å²) >= 11 is 0. The molecule has 0 bridgehead atoms. The molecule has 1 N–H and O–H groups in total. The molecule has 0 aliphatic heterocycles. The highest BCUT2D eigenvalue weighted by Crippen LogP contribution is 2.43. The first-order valence-corrected chi connectivity index (χ1v) is 40.7. The van der Waals surface area contributed by atoms with Gasteiger partial charge >= 0.3 is 19.8 Å². The number of hydrogen-bond acceptors (Lipinski definition) is 7. The van der Waals surface area contributed by atoms with Gasteiger partial charge in [-0.15, -0.1) is 0 Å². The van der Waals surface area contributed by atoms with E-state index >= 15 is 0 Å². The summed E-state index contributed by atoms with van der Waals surface area (Å²) in [5.74, 6) is -0.824. The zero-order chi connectivity index (χ0) is 71.1. The number of hydrogen-bond donors (Lipinski definition) is 1. The van der Waals surface area contributed by atoms with Crippen molar-refractivity contribution in [3.63, 3.8) is 0 Å². The van der Waals surface area contributed by atoms with Gasteiger partial charge in [0.2, 0.25) is 0 Å². The molecule has 0 aliphatic rings. The second-order valence-electron chi connectivity index (χ2n) is 26.6. The smallest absolute Gasteiger partial charge is 0.462 e. The highest BCUT2D eigenvalue weighted by Gasteiger charge is 2.27. The number of esters is 2. The number of likely N-dealkylation sites (N-methyl/N-ethyl adjacent to an activating group) is 1. The second-order valence-corrected chi connectivity index (χ2v) is 28.1. The van der Waals surface area contributed by atoms with E-state index in [2.05, 4.69) is 208 Å². The van der Waals surface area contributed by atoms with Crippen molar-refractivity contribution >= 4 is 19.8 Å². The third kappa shape index (κ3) is 79.8. The van der Waals surface area contributed by atoms with Crippen LogP contribution in [0.5, 0.6) is 0 Å². The second kappa shape index (κ2) is 76.0. The molecule has 2 unspecified atom stereocenters. The van der Waals surface area contributed by atoms with Crippen LogP contribution in [-0.4, -0.2) is 74.9 Å². The van der Waals surface area contributed by atoms with Crippen LogP contribution in [0.15, 0.2) is 194 Å². The summed E-state index contributed by atoms with van der Waals surface area (Å²) in [6.07, 6.45) is 118. The van der Waals surface area contributed by atoms with Gasteiger partial charge in [0.05, 0.1) is 27.7 Å². The van der Waals surface area contributed by atoms with Gasteiger partial charge in [-0.25, -0.2) is 4.57 Å². The van der Waals surface area contributed by atoms with E-state index < -0.39 is 26.5 Å². The van der Waals surface area contributed by atoms with Crippen LogP contribution in [0.2, 0.25) is 0 Å². The molecule has 0 amide bonds. The molecule has 0 aliphatic carbocycles. The molecule has 0 spiro atoms. The van der Waals surface area contributed by atoms with Crippen molar-refractivity contribution in [3.05, 3.63) is 194 Å². The fourth-order valence-corrected chi connectivity index (χ4v) is 11.0. The molecule has 0 saturated carbocycles. The molecule has 2 atom stereocenters. The summed E-state index contributed by atoms with van der Waals surface area (Å²) < 4.78 is 34.8. The van der Waals surface area contributed by atoms with E-state index in [9.17, 15) is 19.0 Å². The monoisotopic (exact) mass is 1380 g/mol. The molecule has 9 nitrogen and oxygen atoms in total. The van der Waals surface area contributed by atoms with Crippen molar-refractivity contribution in [1.82, 2.24) is 0 Å². The Labute approximate surface area is 603 Å². The Bertz CT molecular complexity index is 2360. The molecule has 0 heterocycles. The summed E-state index contributed by atoms with van der Waals surface area (Å²) in [5.41, 5.74) is 0. The van der Waals surface area contributed by atoms with E-state index in [0.717, 1.165) is 154 Å². The molecule has 0 aromatic rings. The number of ether oxygens (including phenoxy) is 2. The molecule has 10 heteroatoms. The Morgan fingerprint density at radius 2 is 0.551 bits per heavy atom. The molecule has 0 aromatic carbocycles.